The van der Waals surface area contributed by atoms with Gasteiger partial charge < -0.3 is 14.2 Å². The lowest BCUT2D eigenvalue weighted by atomic mass is 10.2. The van der Waals surface area contributed by atoms with Gasteiger partial charge in [-0.05, 0) is 23.6 Å². The zero-order valence-electron chi connectivity index (χ0n) is 14.0. The van der Waals surface area contributed by atoms with Crippen molar-refractivity contribution in [2.24, 2.45) is 0 Å². The zero-order valence-corrected chi connectivity index (χ0v) is 15.6. The predicted octanol–water partition coefficient (Wildman–Crippen LogP) is 2.35. The first-order valence-electron chi connectivity index (χ1n) is 7.26. The van der Waals surface area contributed by atoms with Crippen molar-refractivity contribution in [1.29, 1.82) is 0 Å². The molecular formula is C16H19NO6S2. The second-order valence-corrected chi connectivity index (χ2v) is 7.65. The molecule has 0 aliphatic carbocycles. The quantitative estimate of drug-likeness (QED) is 0.702. The molecule has 9 heteroatoms. The highest BCUT2D eigenvalue weighted by molar-refractivity contribution is 7.89. The second kappa shape index (κ2) is 8.32. The first-order chi connectivity index (χ1) is 11.9. The number of hydrogen-bond acceptors (Lipinski definition) is 7. The van der Waals surface area contributed by atoms with E-state index in [2.05, 4.69) is 9.46 Å². The van der Waals surface area contributed by atoms with E-state index in [0.29, 0.717) is 10.6 Å². The van der Waals surface area contributed by atoms with Gasteiger partial charge in [-0.3, -0.25) is 4.79 Å². The van der Waals surface area contributed by atoms with Gasteiger partial charge in [0.15, 0.2) is 0 Å². The highest BCUT2D eigenvalue weighted by Gasteiger charge is 2.27. The van der Waals surface area contributed by atoms with Crippen LogP contribution in [0.1, 0.15) is 17.3 Å². The molecule has 0 amide bonds. The third-order valence-electron chi connectivity index (χ3n) is 3.44. The Morgan fingerprint density at radius 3 is 2.52 bits per heavy atom. The number of esters is 1. The van der Waals surface area contributed by atoms with E-state index in [4.69, 9.17) is 9.47 Å². The molecule has 2 rings (SSSR count). The van der Waals surface area contributed by atoms with Crippen molar-refractivity contribution in [3.05, 3.63) is 40.6 Å². The van der Waals surface area contributed by atoms with Gasteiger partial charge in [0, 0.05) is 10.9 Å². The van der Waals surface area contributed by atoms with Crippen molar-refractivity contribution in [2.75, 3.05) is 21.3 Å². The van der Waals surface area contributed by atoms with Crippen LogP contribution in [0.15, 0.2) is 40.6 Å². The number of sulfonamides is 1. The minimum atomic E-state index is -3.97. The molecule has 1 aromatic heterocycles. The first kappa shape index (κ1) is 19.2. The third-order valence-corrected chi connectivity index (χ3v) is 5.92. The molecule has 136 valence electrons. The Bertz CT molecular complexity index is 817. The SMILES string of the molecule is COC(=O)CC(NS(=O)(=O)c1cc(OC)ccc1OC)c1cccs1. The Kier molecular flexibility index (Phi) is 6.40. The van der Waals surface area contributed by atoms with Gasteiger partial charge in [0.1, 0.15) is 16.4 Å². The molecule has 1 N–H and O–H groups in total. The smallest absolute Gasteiger partial charge is 0.307 e. The fourth-order valence-electron chi connectivity index (χ4n) is 2.18. The van der Waals surface area contributed by atoms with Crippen LogP contribution in [0.4, 0.5) is 0 Å². The van der Waals surface area contributed by atoms with Crippen LogP contribution in [0.5, 0.6) is 11.5 Å². The van der Waals surface area contributed by atoms with Crippen molar-refractivity contribution in [2.45, 2.75) is 17.4 Å². The molecule has 0 saturated carbocycles. The first-order valence-corrected chi connectivity index (χ1v) is 9.62. The normalized spacial score (nSPS) is 12.4. The van der Waals surface area contributed by atoms with Crippen molar-refractivity contribution in [1.82, 2.24) is 4.72 Å². The molecule has 0 fully saturated rings. The Morgan fingerprint density at radius 2 is 1.96 bits per heavy atom. The largest absolute Gasteiger partial charge is 0.497 e. The number of ether oxygens (including phenoxy) is 3. The summed E-state index contributed by atoms with van der Waals surface area (Å²) in [6.07, 6.45) is -0.122. The summed E-state index contributed by atoms with van der Waals surface area (Å²) in [5.41, 5.74) is 0. The van der Waals surface area contributed by atoms with Gasteiger partial charge in [0.2, 0.25) is 10.0 Å². The Labute approximate surface area is 150 Å². The molecule has 2 aromatic rings. The van der Waals surface area contributed by atoms with E-state index < -0.39 is 22.0 Å². The van der Waals surface area contributed by atoms with Crippen LogP contribution in [0.2, 0.25) is 0 Å². The number of carbonyl (C=O) groups excluding carboxylic acids is 1. The lowest BCUT2D eigenvalue weighted by Crippen LogP contribution is -2.30. The summed E-state index contributed by atoms with van der Waals surface area (Å²) in [5, 5.41) is 1.81. The van der Waals surface area contributed by atoms with Gasteiger partial charge in [0.25, 0.3) is 0 Å². The Morgan fingerprint density at radius 1 is 1.20 bits per heavy atom. The van der Waals surface area contributed by atoms with Crippen LogP contribution in [-0.2, 0) is 19.6 Å². The Hall–Kier alpha value is -2.10. The van der Waals surface area contributed by atoms with E-state index in [0.717, 1.165) is 0 Å². The van der Waals surface area contributed by atoms with Gasteiger partial charge in [-0.25, -0.2) is 13.1 Å². The molecule has 0 aliphatic rings. The monoisotopic (exact) mass is 385 g/mol. The summed E-state index contributed by atoms with van der Waals surface area (Å²) in [6.45, 7) is 0. The number of hydrogen-bond donors (Lipinski definition) is 1. The fourth-order valence-corrected chi connectivity index (χ4v) is 4.44. The number of nitrogens with one attached hydrogen (secondary N) is 1. The summed E-state index contributed by atoms with van der Waals surface area (Å²) >= 11 is 1.35. The second-order valence-electron chi connectivity index (χ2n) is 4.99. The van der Waals surface area contributed by atoms with E-state index in [1.807, 2.05) is 0 Å². The van der Waals surface area contributed by atoms with E-state index in [1.165, 1.54) is 44.8 Å². The molecule has 0 bridgehead atoms. The maximum Gasteiger partial charge on any atom is 0.307 e. The number of benzene rings is 1. The molecule has 7 nitrogen and oxygen atoms in total. The minimum Gasteiger partial charge on any atom is -0.497 e. The van der Waals surface area contributed by atoms with Crippen molar-refractivity contribution >= 4 is 27.3 Å². The van der Waals surface area contributed by atoms with Gasteiger partial charge in [0.05, 0.1) is 33.8 Å². The molecule has 1 atom stereocenters. The summed E-state index contributed by atoms with van der Waals surface area (Å²) in [6, 6.07) is 7.27. The van der Waals surface area contributed by atoms with Gasteiger partial charge in [-0.2, -0.15) is 0 Å². The zero-order chi connectivity index (χ0) is 18.4. The summed E-state index contributed by atoms with van der Waals surface area (Å²) in [4.78, 5) is 12.3. The van der Waals surface area contributed by atoms with Crippen molar-refractivity contribution in [3.8, 4) is 11.5 Å². The lowest BCUT2D eigenvalue weighted by molar-refractivity contribution is -0.141. The number of rotatable bonds is 8. The Balaban J connectivity index is 2.39. The van der Waals surface area contributed by atoms with Crippen molar-refractivity contribution in [3.63, 3.8) is 0 Å². The third kappa shape index (κ3) is 4.71. The topological polar surface area (TPSA) is 90.9 Å². The van der Waals surface area contributed by atoms with Crippen LogP contribution in [0, 0.1) is 0 Å². The predicted molar refractivity (Wildman–Crippen MR) is 93.6 cm³/mol. The standard InChI is InChI=1S/C16H19NO6S2/c1-21-11-6-7-13(22-2)15(9-11)25(19,20)17-12(10-16(18)23-3)14-5-4-8-24-14/h4-9,12,17H,10H2,1-3H3. The average Bonchev–Trinajstić information content (AvgIpc) is 3.14. The molecule has 0 radical (unpaired) electrons. The highest BCUT2D eigenvalue weighted by atomic mass is 32.2. The molecule has 0 spiro atoms. The molecule has 0 saturated heterocycles. The van der Waals surface area contributed by atoms with Gasteiger partial charge >= 0.3 is 5.97 Å². The van der Waals surface area contributed by atoms with Gasteiger partial charge in [-0.1, -0.05) is 6.07 Å². The van der Waals surface area contributed by atoms with Gasteiger partial charge in [-0.15, -0.1) is 11.3 Å². The van der Waals surface area contributed by atoms with Crippen molar-refractivity contribution < 1.29 is 27.4 Å². The summed E-state index contributed by atoms with van der Waals surface area (Å²) in [7, 11) is 0.109. The van der Waals surface area contributed by atoms with Crippen LogP contribution in [-0.4, -0.2) is 35.7 Å². The number of carbonyl (C=O) groups is 1. The average molecular weight is 385 g/mol. The highest BCUT2D eigenvalue weighted by Crippen LogP contribution is 2.31. The summed E-state index contributed by atoms with van der Waals surface area (Å²) in [5.74, 6) is 0.0387. The molecule has 1 aromatic carbocycles. The molecular weight excluding hydrogens is 366 g/mol. The maximum absolute atomic E-state index is 12.9. The lowest BCUT2D eigenvalue weighted by Gasteiger charge is -2.18. The number of thiophene rings is 1. The van der Waals surface area contributed by atoms with E-state index in [-0.39, 0.29) is 17.1 Å². The number of methoxy groups -OCH3 is 3. The fraction of sp³-hybridized carbons (Fsp3) is 0.312. The summed E-state index contributed by atoms with van der Waals surface area (Å²) < 4.78 is 43.2. The van der Waals surface area contributed by atoms with Crippen LogP contribution >= 0.6 is 11.3 Å². The minimum absolute atomic E-state index is 0.0687. The molecule has 1 unspecified atom stereocenters. The van der Waals surface area contributed by atoms with E-state index >= 15 is 0 Å². The van der Waals surface area contributed by atoms with E-state index in [1.54, 1.807) is 23.6 Å². The molecule has 1 heterocycles. The van der Waals surface area contributed by atoms with E-state index in [9.17, 15) is 13.2 Å². The van der Waals surface area contributed by atoms with Crippen LogP contribution < -0.4 is 14.2 Å². The van der Waals surface area contributed by atoms with Crippen LogP contribution in [0.3, 0.4) is 0 Å². The maximum atomic E-state index is 12.9. The molecule has 0 aliphatic heterocycles. The molecule has 25 heavy (non-hydrogen) atoms. The van der Waals surface area contributed by atoms with Crippen LogP contribution in [0.25, 0.3) is 0 Å².